The van der Waals surface area contributed by atoms with Crippen LogP contribution in [0, 0.1) is 0 Å². The van der Waals surface area contributed by atoms with Gasteiger partial charge in [0.15, 0.2) is 0 Å². The third-order valence-corrected chi connectivity index (χ3v) is 3.91. The van der Waals surface area contributed by atoms with E-state index in [9.17, 15) is 0 Å². The van der Waals surface area contributed by atoms with Gasteiger partial charge in [0.25, 0.3) is 0 Å². The maximum absolute atomic E-state index is 5.26. The van der Waals surface area contributed by atoms with Crippen LogP contribution >= 0.6 is 0 Å². The van der Waals surface area contributed by atoms with Crippen molar-refractivity contribution in [2.45, 2.75) is 6.92 Å². The highest BCUT2D eigenvalue weighted by Gasteiger charge is 2.02. The summed E-state index contributed by atoms with van der Waals surface area (Å²) in [6.07, 6.45) is 0. The molecule has 0 saturated heterocycles. The standard InChI is InChI=1S/C20H20N2O2/c1-14(21-22-18-7-10-19(23-2)11-8-18)15-4-5-17-13-20(24-3)9-6-16(17)12-15/h4-13,22H,1-3H3/b21-14+. The van der Waals surface area contributed by atoms with E-state index in [1.54, 1.807) is 14.2 Å². The van der Waals surface area contributed by atoms with E-state index in [1.165, 1.54) is 0 Å². The summed E-state index contributed by atoms with van der Waals surface area (Å²) < 4.78 is 10.4. The fraction of sp³-hybridized carbons (Fsp3) is 0.150. The molecule has 0 aliphatic heterocycles. The van der Waals surface area contributed by atoms with Crippen molar-refractivity contribution in [3.63, 3.8) is 0 Å². The van der Waals surface area contributed by atoms with Gasteiger partial charge in [0.1, 0.15) is 11.5 Å². The van der Waals surface area contributed by atoms with E-state index in [0.29, 0.717) is 0 Å². The number of fused-ring (bicyclic) bond motifs is 1. The van der Waals surface area contributed by atoms with Crippen LogP contribution in [0.1, 0.15) is 12.5 Å². The van der Waals surface area contributed by atoms with Crippen LogP contribution in [0.15, 0.2) is 65.8 Å². The molecule has 0 bridgehead atoms. The summed E-state index contributed by atoms with van der Waals surface area (Å²) in [5, 5.41) is 6.77. The van der Waals surface area contributed by atoms with E-state index >= 15 is 0 Å². The van der Waals surface area contributed by atoms with Crippen LogP contribution in [0.5, 0.6) is 11.5 Å². The average molecular weight is 320 g/mol. The molecule has 3 aromatic carbocycles. The number of anilines is 1. The van der Waals surface area contributed by atoms with Gasteiger partial charge in [-0.25, -0.2) is 0 Å². The quantitative estimate of drug-likeness (QED) is 0.547. The summed E-state index contributed by atoms with van der Waals surface area (Å²) in [4.78, 5) is 0. The molecule has 3 aromatic rings. The zero-order valence-electron chi connectivity index (χ0n) is 14.0. The van der Waals surface area contributed by atoms with Gasteiger partial charge in [-0.1, -0.05) is 18.2 Å². The van der Waals surface area contributed by atoms with Gasteiger partial charge >= 0.3 is 0 Å². The van der Waals surface area contributed by atoms with Gasteiger partial charge in [-0.3, -0.25) is 5.43 Å². The van der Waals surface area contributed by atoms with Gasteiger partial charge in [-0.2, -0.15) is 5.10 Å². The second-order valence-electron chi connectivity index (χ2n) is 5.47. The number of rotatable bonds is 5. The van der Waals surface area contributed by atoms with Crippen molar-refractivity contribution in [3.05, 3.63) is 66.2 Å². The van der Waals surface area contributed by atoms with Crippen molar-refractivity contribution in [3.8, 4) is 11.5 Å². The first-order valence-corrected chi connectivity index (χ1v) is 7.72. The van der Waals surface area contributed by atoms with Gasteiger partial charge in [0.2, 0.25) is 0 Å². The van der Waals surface area contributed by atoms with Crippen molar-refractivity contribution in [1.29, 1.82) is 0 Å². The highest BCUT2D eigenvalue weighted by Crippen LogP contribution is 2.22. The summed E-state index contributed by atoms with van der Waals surface area (Å²) in [7, 11) is 3.33. The van der Waals surface area contributed by atoms with Crippen LogP contribution in [0.25, 0.3) is 10.8 Å². The Morgan fingerprint density at radius 1 is 0.792 bits per heavy atom. The molecular weight excluding hydrogens is 300 g/mol. The second-order valence-corrected chi connectivity index (χ2v) is 5.47. The van der Waals surface area contributed by atoms with E-state index in [0.717, 1.165) is 39.2 Å². The van der Waals surface area contributed by atoms with Crippen molar-refractivity contribution < 1.29 is 9.47 Å². The Bertz CT molecular complexity index is 870. The van der Waals surface area contributed by atoms with E-state index in [-0.39, 0.29) is 0 Å². The first-order chi connectivity index (χ1) is 11.7. The van der Waals surface area contributed by atoms with E-state index in [2.05, 4.69) is 34.8 Å². The van der Waals surface area contributed by atoms with Gasteiger partial charge in [0, 0.05) is 0 Å². The van der Waals surface area contributed by atoms with Crippen LogP contribution in [0.4, 0.5) is 5.69 Å². The average Bonchev–Trinajstić information content (AvgIpc) is 2.65. The van der Waals surface area contributed by atoms with Crippen molar-refractivity contribution in [1.82, 2.24) is 0 Å². The Morgan fingerprint density at radius 2 is 1.42 bits per heavy atom. The number of hydrogen-bond donors (Lipinski definition) is 1. The molecule has 0 aliphatic carbocycles. The lowest BCUT2D eigenvalue weighted by atomic mass is 10.0. The monoisotopic (exact) mass is 320 g/mol. The van der Waals surface area contributed by atoms with Crippen molar-refractivity contribution in [2.75, 3.05) is 19.6 Å². The molecule has 24 heavy (non-hydrogen) atoms. The van der Waals surface area contributed by atoms with Crippen LogP contribution in [0.3, 0.4) is 0 Å². The van der Waals surface area contributed by atoms with Crippen LogP contribution in [0.2, 0.25) is 0 Å². The minimum Gasteiger partial charge on any atom is -0.497 e. The molecule has 0 spiro atoms. The number of ether oxygens (including phenoxy) is 2. The molecule has 0 amide bonds. The summed E-state index contributed by atoms with van der Waals surface area (Å²) in [6, 6.07) is 20.0. The number of nitrogens with one attached hydrogen (secondary N) is 1. The normalized spacial score (nSPS) is 11.4. The van der Waals surface area contributed by atoms with Crippen LogP contribution < -0.4 is 14.9 Å². The summed E-state index contributed by atoms with van der Waals surface area (Å²) in [6.45, 7) is 1.99. The second kappa shape index (κ2) is 7.04. The molecule has 0 unspecified atom stereocenters. The van der Waals surface area contributed by atoms with Gasteiger partial charge in [-0.15, -0.1) is 0 Å². The zero-order chi connectivity index (χ0) is 16.9. The van der Waals surface area contributed by atoms with Crippen molar-refractivity contribution in [2.24, 2.45) is 5.10 Å². The lowest BCUT2D eigenvalue weighted by Crippen LogP contribution is -1.99. The Morgan fingerprint density at radius 3 is 2.12 bits per heavy atom. The van der Waals surface area contributed by atoms with Gasteiger partial charge < -0.3 is 9.47 Å². The smallest absolute Gasteiger partial charge is 0.119 e. The van der Waals surface area contributed by atoms with E-state index in [1.807, 2.05) is 43.3 Å². The molecule has 0 atom stereocenters. The van der Waals surface area contributed by atoms with Gasteiger partial charge in [0.05, 0.1) is 25.6 Å². The molecule has 3 rings (SSSR count). The number of hydrogen-bond acceptors (Lipinski definition) is 4. The fourth-order valence-electron chi connectivity index (χ4n) is 2.45. The van der Waals surface area contributed by atoms with Crippen LogP contribution in [-0.2, 0) is 0 Å². The van der Waals surface area contributed by atoms with Gasteiger partial charge in [-0.05, 0) is 65.7 Å². The minimum absolute atomic E-state index is 0.825. The highest BCUT2D eigenvalue weighted by molar-refractivity contribution is 6.02. The first kappa shape index (κ1) is 15.9. The van der Waals surface area contributed by atoms with Crippen molar-refractivity contribution >= 4 is 22.2 Å². The third kappa shape index (κ3) is 3.49. The molecule has 4 nitrogen and oxygen atoms in total. The Kier molecular flexibility index (Phi) is 4.66. The third-order valence-electron chi connectivity index (χ3n) is 3.91. The Hall–Kier alpha value is -3.01. The number of benzene rings is 3. The maximum atomic E-state index is 5.26. The molecule has 4 heteroatoms. The lowest BCUT2D eigenvalue weighted by molar-refractivity contribution is 0.415. The number of hydrazone groups is 1. The summed E-state index contributed by atoms with van der Waals surface area (Å²) in [5.74, 6) is 1.69. The van der Waals surface area contributed by atoms with E-state index < -0.39 is 0 Å². The molecular formula is C20H20N2O2. The first-order valence-electron chi connectivity index (χ1n) is 7.72. The molecule has 0 saturated carbocycles. The lowest BCUT2D eigenvalue weighted by Gasteiger charge is -2.07. The van der Waals surface area contributed by atoms with E-state index in [4.69, 9.17) is 9.47 Å². The molecule has 0 radical (unpaired) electrons. The predicted octanol–water partition coefficient (Wildman–Crippen LogP) is 4.69. The maximum Gasteiger partial charge on any atom is 0.119 e. The molecule has 0 heterocycles. The fourth-order valence-corrected chi connectivity index (χ4v) is 2.45. The Labute approximate surface area is 141 Å². The summed E-state index contributed by atoms with van der Waals surface area (Å²) >= 11 is 0. The SMILES string of the molecule is COc1ccc(N/N=C(\C)c2ccc3cc(OC)ccc3c2)cc1. The number of methoxy groups -OCH3 is 2. The zero-order valence-corrected chi connectivity index (χ0v) is 14.0. The topological polar surface area (TPSA) is 42.8 Å². The molecule has 1 N–H and O–H groups in total. The molecule has 0 aliphatic rings. The van der Waals surface area contributed by atoms with Crippen LogP contribution in [-0.4, -0.2) is 19.9 Å². The Balaban J connectivity index is 1.80. The summed E-state index contributed by atoms with van der Waals surface area (Å²) in [5.41, 5.74) is 5.99. The largest absolute Gasteiger partial charge is 0.497 e. The predicted molar refractivity (Wildman–Crippen MR) is 99.3 cm³/mol. The highest BCUT2D eigenvalue weighted by atomic mass is 16.5. The molecule has 122 valence electrons. The number of nitrogens with zero attached hydrogens (tertiary/aromatic N) is 1. The molecule has 0 aromatic heterocycles. The molecule has 0 fully saturated rings. The minimum atomic E-state index is 0.825.